The van der Waals surface area contributed by atoms with Crippen LogP contribution < -0.4 is 4.74 Å². The molecular weight excluding hydrogens is 316 g/mol. The van der Waals surface area contributed by atoms with Crippen LogP contribution in [-0.2, 0) is 6.42 Å². The van der Waals surface area contributed by atoms with E-state index < -0.39 is 6.10 Å². The third-order valence-electron chi connectivity index (χ3n) is 3.82. The number of benzene rings is 2. The Balaban J connectivity index is 1.71. The van der Waals surface area contributed by atoms with Crippen LogP contribution in [0.3, 0.4) is 0 Å². The molecule has 1 aliphatic rings. The number of aliphatic hydroxyl groups is 1. The van der Waals surface area contributed by atoms with Crippen LogP contribution in [0.15, 0.2) is 46.9 Å². The van der Waals surface area contributed by atoms with Crippen molar-refractivity contribution in [2.75, 3.05) is 6.61 Å². The van der Waals surface area contributed by atoms with Crippen molar-refractivity contribution in [1.82, 2.24) is 0 Å². The van der Waals surface area contributed by atoms with Crippen LogP contribution in [-0.4, -0.2) is 11.7 Å². The molecular formula is C17H17BrO2. The Morgan fingerprint density at radius 1 is 1.30 bits per heavy atom. The molecule has 2 aromatic carbocycles. The van der Waals surface area contributed by atoms with Crippen molar-refractivity contribution in [1.29, 1.82) is 0 Å². The Morgan fingerprint density at radius 2 is 2.10 bits per heavy atom. The molecule has 0 saturated heterocycles. The summed E-state index contributed by atoms with van der Waals surface area (Å²) in [5.41, 5.74) is 3.64. The van der Waals surface area contributed by atoms with E-state index in [2.05, 4.69) is 40.2 Å². The lowest BCUT2D eigenvalue weighted by molar-refractivity contribution is 0.188. The Hall–Kier alpha value is -1.32. The summed E-state index contributed by atoms with van der Waals surface area (Å²) in [5.74, 6) is 1.24. The summed E-state index contributed by atoms with van der Waals surface area (Å²) in [5, 5.41) is 9.82. The van der Waals surface area contributed by atoms with Crippen LogP contribution >= 0.6 is 15.9 Å². The maximum Gasteiger partial charge on any atom is 0.125 e. The van der Waals surface area contributed by atoms with Crippen molar-refractivity contribution in [3.63, 3.8) is 0 Å². The lowest BCUT2D eigenvalue weighted by Crippen LogP contribution is -2.23. The van der Waals surface area contributed by atoms with Gasteiger partial charge < -0.3 is 9.84 Å². The average molecular weight is 333 g/mol. The Bertz CT molecular complexity index is 622. The van der Waals surface area contributed by atoms with Crippen LogP contribution in [0.1, 0.15) is 35.6 Å². The monoisotopic (exact) mass is 332 g/mol. The fourth-order valence-corrected chi connectivity index (χ4v) is 3.06. The van der Waals surface area contributed by atoms with Gasteiger partial charge in [0.1, 0.15) is 5.75 Å². The highest BCUT2D eigenvalue weighted by atomic mass is 79.9. The van der Waals surface area contributed by atoms with Gasteiger partial charge in [0.25, 0.3) is 0 Å². The zero-order chi connectivity index (χ0) is 14.1. The number of hydrogen-bond acceptors (Lipinski definition) is 2. The van der Waals surface area contributed by atoms with Gasteiger partial charge in [-0.05, 0) is 42.7 Å². The van der Waals surface area contributed by atoms with Crippen LogP contribution in [0.5, 0.6) is 5.75 Å². The van der Waals surface area contributed by atoms with Gasteiger partial charge in [0, 0.05) is 16.0 Å². The molecule has 0 spiro atoms. The van der Waals surface area contributed by atoms with Crippen molar-refractivity contribution in [2.45, 2.75) is 25.4 Å². The molecule has 3 heteroatoms. The van der Waals surface area contributed by atoms with E-state index in [4.69, 9.17) is 4.74 Å². The molecule has 1 N–H and O–H groups in total. The van der Waals surface area contributed by atoms with Crippen molar-refractivity contribution < 1.29 is 9.84 Å². The first-order valence-electron chi connectivity index (χ1n) is 6.83. The smallest absolute Gasteiger partial charge is 0.125 e. The third-order valence-corrected chi connectivity index (χ3v) is 4.32. The third kappa shape index (κ3) is 2.60. The molecule has 0 amide bonds. The fraction of sp³-hybridized carbons (Fsp3) is 0.294. The molecule has 3 rings (SSSR count). The number of hydrogen-bond donors (Lipinski definition) is 1. The van der Waals surface area contributed by atoms with E-state index in [1.54, 1.807) is 6.92 Å². The summed E-state index contributed by atoms with van der Waals surface area (Å²) in [6.07, 6.45) is 0.549. The molecule has 1 aliphatic carbocycles. The molecule has 2 atom stereocenters. The van der Waals surface area contributed by atoms with E-state index in [1.165, 1.54) is 11.1 Å². The van der Waals surface area contributed by atoms with E-state index in [1.807, 2.05) is 18.2 Å². The zero-order valence-corrected chi connectivity index (χ0v) is 12.9. The highest BCUT2D eigenvalue weighted by Crippen LogP contribution is 2.36. The standard InChI is InChI=1S/C17H17BrO2/c1-11(19)16-9-14(18)6-7-17(16)20-10-13-8-12-4-2-3-5-15(12)13/h2-7,9,11,13,19H,8,10H2,1H3/t11-,13?/m1/s1. The predicted molar refractivity (Wildman–Crippen MR) is 83.2 cm³/mol. The number of aliphatic hydroxyl groups excluding tert-OH is 1. The van der Waals surface area contributed by atoms with Gasteiger partial charge in [-0.1, -0.05) is 40.2 Å². The van der Waals surface area contributed by atoms with Gasteiger partial charge in [-0.25, -0.2) is 0 Å². The first-order chi connectivity index (χ1) is 9.65. The highest BCUT2D eigenvalue weighted by molar-refractivity contribution is 9.10. The van der Waals surface area contributed by atoms with Gasteiger partial charge >= 0.3 is 0 Å². The molecule has 0 bridgehead atoms. The van der Waals surface area contributed by atoms with E-state index in [-0.39, 0.29) is 0 Å². The quantitative estimate of drug-likeness (QED) is 0.908. The number of fused-ring (bicyclic) bond motifs is 1. The Morgan fingerprint density at radius 3 is 2.85 bits per heavy atom. The summed E-state index contributed by atoms with van der Waals surface area (Å²) in [4.78, 5) is 0. The van der Waals surface area contributed by atoms with Crippen molar-refractivity contribution in [3.8, 4) is 5.75 Å². The van der Waals surface area contributed by atoms with E-state index in [0.29, 0.717) is 12.5 Å². The Labute approximate surface area is 127 Å². The predicted octanol–water partition coefficient (Wildman–Crippen LogP) is 4.22. The van der Waals surface area contributed by atoms with E-state index in [9.17, 15) is 5.11 Å². The lowest BCUT2D eigenvalue weighted by Gasteiger charge is -2.30. The SMILES string of the molecule is C[C@@H](O)c1cc(Br)ccc1OCC1Cc2ccccc21. The lowest BCUT2D eigenvalue weighted by atomic mass is 9.78. The molecule has 0 aromatic heterocycles. The second-order valence-corrected chi connectivity index (χ2v) is 6.18. The second-order valence-electron chi connectivity index (χ2n) is 5.27. The van der Waals surface area contributed by atoms with E-state index in [0.717, 1.165) is 22.2 Å². The first kappa shape index (κ1) is 13.7. The molecule has 0 saturated carbocycles. The fourth-order valence-electron chi connectivity index (χ4n) is 2.68. The minimum Gasteiger partial charge on any atom is -0.493 e. The van der Waals surface area contributed by atoms with Gasteiger partial charge in [0.15, 0.2) is 0 Å². The number of rotatable bonds is 4. The minimum absolute atomic E-state index is 0.469. The number of halogens is 1. The first-order valence-corrected chi connectivity index (χ1v) is 7.62. The highest BCUT2D eigenvalue weighted by Gasteiger charge is 2.26. The average Bonchev–Trinajstić information content (AvgIpc) is 2.41. The molecule has 2 aromatic rings. The molecule has 0 heterocycles. The molecule has 0 fully saturated rings. The maximum absolute atomic E-state index is 9.82. The summed E-state index contributed by atoms with van der Waals surface area (Å²) >= 11 is 3.42. The molecule has 2 nitrogen and oxygen atoms in total. The van der Waals surface area contributed by atoms with Gasteiger partial charge in [-0.15, -0.1) is 0 Å². The van der Waals surface area contributed by atoms with E-state index >= 15 is 0 Å². The molecule has 104 valence electrons. The minimum atomic E-state index is -0.531. The van der Waals surface area contributed by atoms with Crippen LogP contribution in [0.25, 0.3) is 0 Å². The molecule has 20 heavy (non-hydrogen) atoms. The molecule has 0 radical (unpaired) electrons. The van der Waals surface area contributed by atoms with Crippen molar-refractivity contribution in [2.24, 2.45) is 0 Å². The van der Waals surface area contributed by atoms with Gasteiger partial charge in [0.05, 0.1) is 12.7 Å². The van der Waals surface area contributed by atoms with Gasteiger partial charge in [0.2, 0.25) is 0 Å². The van der Waals surface area contributed by atoms with Crippen LogP contribution in [0.2, 0.25) is 0 Å². The maximum atomic E-state index is 9.82. The summed E-state index contributed by atoms with van der Waals surface area (Å²) < 4.78 is 6.89. The largest absolute Gasteiger partial charge is 0.493 e. The van der Waals surface area contributed by atoms with Crippen LogP contribution in [0, 0.1) is 0 Å². The normalized spacial score (nSPS) is 18.1. The van der Waals surface area contributed by atoms with Gasteiger partial charge in [-0.3, -0.25) is 0 Å². The number of ether oxygens (including phenoxy) is 1. The van der Waals surface area contributed by atoms with Crippen LogP contribution in [0.4, 0.5) is 0 Å². The second kappa shape index (κ2) is 5.58. The van der Waals surface area contributed by atoms with Crippen molar-refractivity contribution >= 4 is 15.9 Å². The van der Waals surface area contributed by atoms with Crippen molar-refractivity contribution in [3.05, 3.63) is 63.6 Å². The summed E-state index contributed by atoms with van der Waals surface area (Å²) in [7, 11) is 0. The summed E-state index contributed by atoms with van der Waals surface area (Å²) in [6.45, 7) is 2.42. The molecule has 0 aliphatic heterocycles. The molecule has 1 unspecified atom stereocenters. The summed E-state index contributed by atoms with van der Waals surface area (Å²) in [6, 6.07) is 14.3. The van der Waals surface area contributed by atoms with Gasteiger partial charge in [-0.2, -0.15) is 0 Å². The zero-order valence-electron chi connectivity index (χ0n) is 11.3. The topological polar surface area (TPSA) is 29.5 Å². The Kier molecular flexibility index (Phi) is 3.81.